The van der Waals surface area contributed by atoms with Gasteiger partial charge in [0.1, 0.15) is 0 Å². The van der Waals surface area contributed by atoms with Crippen LogP contribution in [0.5, 0.6) is 0 Å². The molecule has 0 aliphatic rings. The molecule has 0 N–H and O–H groups in total. The third-order valence-electron chi connectivity index (χ3n) is 2.90. The van der Waals surface area contributed by atoms with E-state index in [9.17, 15) is 0 Å². The highest BCUT2D eigenvalue weighted by molar-refractivity contribution is 8.10. The highest BCUT2D eigenvalue weighted by atomic mass is 32.5. The van der Waals surface area contributed by atoms with Crippen molar-refractivity contribution in [2.45, 2.75) is 27.7 Å². The fraction of sp³-hybridized carbons (Fsp3) is 0.600. The summed E-state index contributed by atoms with van der Waals surface area (Å²) in [6.07, 6.45) is 0. The Bertz CT molecular complexity index is 566. The third kappa shape index (κ3) is 5.72. The summed E-state index contributed by atoms with van der Waals surface area (Å²) in [6.45, 7) is 6.64. The third-order valence-corrected chi connectivity index (χ3v) is 10.3. The number of benzene rings is 1. The van der Waals surface area contributed by atoms with Crippen LogP contribution in [0.25, 0.3) is 0 Å². The average Bonchev–Trinajstić information content (AvgIpc) is 2.56. The fourth-order valence-corrected chi connectivity index (χ4v) is 8.10. The van der Waals surface area contributed by atoms with Crippen molar-refractivity contribution in [2.24, 2.45) is 4.74 Å². The summed E-state index contributed by atoms with van der Waals surface area (Å²) in [5, 5.41) is 0. The number of hydrogen-bond donors (Lipinski definition) is 0. The minimum atomic E-state index is -2.84. The molecule has 24 heavy (non-hydrogen) atoms. The Morgan fingerprint density at radius 1 is 0.875 bits per heavy atom. The zero-order valence-corrected chi connectivity index (χ0v) is 17.7. The molecule has 0 radical (unpaired) electrons. The van der Waals surface area contributed by atoms with Crippen LogP contribution in [0.3, 0.4) is 0 Å². The van der Waals surface area contributed by atoms with E-state index in [0.29, 0.717) is 26.4 Å². The second kappa shape index (κ2) is 10.8. The molecule has 0 aliphatic heterocycles. The van der Waals surface area contributed by atoms with Crippen molar-refractivity contribution in [2.75, 3.05) is 33.5 Å². The smallest absolute Gasteiger partial charge is 0.302 e. The highest BCUT2D eigenvalue weighted by Crippen LogP contribution is 2.70. The first-order chi connectivity index (χ1) is 11.5. The Kier molecular flexibility index (Phi) is 9.87. The quantitative estimate of drug-likeness (QED) is 0.458. The predicted octanol–water partition coefficient (Wildman–Crippen LogP) is 5.57. The van der Waals surface area contributed by atoms with E-state index in [1.807, 2.05) is 65.1 Å². The van der Waals surface area contributed by atoms with Crippen LogP contribution < -0.4 is 0 Å². The van der Waals surface area contributed by atoms with Gasteiger partial charge < -0.3 is 18.1 Å². The Labute approximate surface area is 150 Å². The molecule has 0 fully saturated rings. The molecule has 0 bridgehead atoms. The molecular weight excluding hydrogens is 366 g/mol. The topological polar surface area (TPSA) is 52.5 Å². The second-order valence-corrected chi connectivity index (χ2v) is 10.6. The molecule has 1 aromatic rings. The molecule has 0 unspecified atom stereocenters. The average molecular weight is 394 g/mol. The molecule has 0 aliphatic carbocycles. The summed E-state index contributed by atoms with van der Waals surface area (Å²) >= 11 is 5.72. The maximum atomic E-state index is 6.02. The Morgan fingerprint density at radius 2 is 1.33 bits per heavy atom. The van der Waals surface area contributed by atoms with Crippen molar-refractivity contribution in [3.63, 3.8) is 0 Å². The molecule has 0 saturated carbocycles. The first kappa shape index (κ1) is 21.9. The molecule has 0 aromatic heterocycles. The van der Waals surface area contributed by atoms with E-state index in [0.717, 1.165) is 5.69 Å². The van der Waals surface area contributed by atoms with Gasteiger partial charge in [-0.15, -0.1) is 0 Å². The Balaban J connectivity index is 3.44. The van der Waals surface area contributed by atoms with E-state index in [-0.39, 0.29) is 0 Å². The number of rotatable bonds is 11. The van der Waals surface area contributed by atoms with Crippen LogP contribution in [0.15, 0.2) is 35.1 Å². The summed E-state index contributed by atoms with van der Waals surface area (Å²) in [4.78, 5) is 0. The lowest BCUT2D eigenvalue weighted by Gasteiger charge is -2.37. The number of nitrogens with zero attached hydrogens (tertiary/aromatic N) is 2. The molecule has 138 valence electrons. The van der Waals surface area contributed by atoms with E-state index < -0.39 is 14.3 Å². The monoisotopic (exact) mass is 394 g/mol. The zero-order chi connectivity index (χ0) is 18.1. The SMILES string of the molecule is CCOP(=S)(OCC)N(C)P(=Nc1ccccc1)(OCC)OCC. The van der Waals surface area contributed by atoms with Crippen LogP contribution in [-0.2, 0) is 29.9 Å². The van der Waals surface area contributed by atoms with Crippen LogP contribution in [0, 0.1) is 0 Å². The minimum Gasteiger partial charge on any atom is -0.318 e. The van der Waals surface area contributed by atoms with E-state index >= 15 is 0 Å². The first-order valence-electron chi connectivity index (χ1n) is 8.08. The van der Waals surface area contributed by atoms with Gasteiger partial charge in [0, 0.05) is 7.05 Å². The van der Waals surface area contributed by atoms with Gasteiger partial charge in [0.15, 0.2) is 0 Å². The summed E-state index contributed by atoms with van der Waals surface area (Å²) in [5.41, 5.74) is 0.772. The fourth-order valence-electron chi connectivity index (χ4n) is 1.97. The summed E-state index contributed by atoms with van der Waals surface area (Å²) in [7, 11) is -1.02. The molecule has 0 saturated heterocycles. The van der Waals surface area contributed by atoms with Crippen LogP contribution in [0.4, 0.5) is 5.69 Å². The standard InChI is InChI=1S/C15H28N2O4P2S/c1-6-18-22(19-7-2,16-15-13-11-10-12-14-15)17(5)23(24,20-8-3)21-9-4/h10-14H,6-9H2,1-5H3. The van der Waals surface area contributed by atoms with Crippen molar-refractivity contribution in [3.8, 4) is 0 Å². The Morgan fingerprint density at radius 3 is 1.75 bits per heavy atom. The van der Waals surface area contributed by atoms with E-state index in [1.54, 1.807) is 4.44 Å². The lowest BCUT2D eigenvalue weighted by molar-refractivity contribution is 0.208. The molecule has 0 amide bonds. The molecule has 6 nitrogen and oxygen atoms in total. The second-order valence-electron chi connectivity index (χ2n) is 4.56. The van der Waals surface area contributed by atoms with E-state index in [2.05, 4.69) is 0 Å². The molecule has 0 spiro atoms. The molecular formula is C15H28N2O4P2S. The molecule has 1 aromatic carbocycles. The van der Waals surface area contributed by atoms with E-state index in [1.165, 1.54) is 0 Å². The van der Waals surface area contributed by atoms with Gasteiger partial charge in [-0.1, -0.05) is 18.2 Å². The molecule has 0 heterocycles. The highest BCUT2D eigenvalue weighted by Gasteiger charge is 2.39. The largest absolute Gasteiger partial charge is 0.318 e. The van der Waals surface area contributed by atoms with Gasteiger partial charge in [-0.2, -0.15) is 4.44 Å². The van der Waals surface area contributed by atoms with Crippen LogP contribution in [0.1, 0.15) is 27.7 Å². The summed E-state index contributed by atoms with van der Waals surface area (Å²) in [6, 6.07) is 9.60. The van der Waals surface area contributed by atoms with Gasteiger partial charge in [0.25, 0.3) is 6.64 Å². The molecule has 1 rings (SSSR count). The lowest BCUT2D eigenvalue weighted by atomic mass is 10.3. The van der Waals surface area contributed by atoms with Gasteiger partial charge in [-0.25, -0.2) is 4.74 Å². The van der Waals surface area contributed by atoms with Crippen molar-refractivity contribution in [1.29, 1.82) is 0 Å². The van der Waals surface area contributed by atoms with Crippen molar-refractivity contribution < 1.29 is 18.1 Å². The van der Waals surface area contributed by atoms with Gasteiger partial charge >= 0.3 is 7.66 Å². The van der Waals surface area contributed by atoms with Crippen LogP contribution in [0.2, 0.25) is 0 Å². The molecule has 9 heteroatoms. The summed E-state index contributed by atoms with van der Waals surface area (Å²) < 4.78 is 30.2. The van der Waals surface area contributed by atoms with Gasteiger partial charge in [-0.3, -0.25) is 0 Å². The van der Waals surface area contributed by atoms with Crippen molar-refractivity contribution in [1.82, 2.24) is 4.44 Å². The van der Waals surface area contributed by atoms with Crippen LogP contribution >= 0.6 is 14.3 Å². The first-order valence-corrected chi connectivity index (χ1v) is 12.2. The van der Waals surface area contributed by atoms with Gasteiger partial charge in [0.2, 0.25) is 0 Å². The maximum absolute atomic E-state index is 6.02. The predicted molar refractivity (Wildman–Crippen MR) is 104 cm³/mol. The zero-order valence-electron chi connectivity index (χ0n) is 15.0. The summed E-state index contributed by atoms with van der Waals surface area (Å²) in [5.74, 6) is 0. The Hall–Kier alpha value is -0.100. The van der Waals surface area contributed by atoms with Gasteiger partial charge in [-0.05, 0) is 51.6 Å². The lowest BCUT2D eigenvalue weighted by Crippen LogP contribution is -2.19. The van der Waals surface area contributed by atoms with Gasteiger partial charge in [0.05, 0.1) is 32.1 Å². The molecule has 0 atom stereocenters. The van der Waals surface area contributed by atoms with Crippen molar-refractivity contribution >= 4 is 31.8 Å². The minimum absolute atomic E-state index is 0.446. The van der Waals surface area contributed by atoms with Crippen molar-refractivity contribution in [3.05, 3.63) is 30.3 Å². The maximum Gasteiger partial charge on any atom is 0.302 e. The van der Waals surface area contributed by atoms with E-state index in [4.69, 9.17) is 34.6 Å². The van der Waals surface area contributed by atoms with Crippen LogP contribution in [-0.4, -0.2) is 37.9 Å². The normalized spacial score (nSPS) is 12.6. The number of hydrogen-bond acceptors (Lipinski definition) is 6.